The number of halogens is 3. The molecule has 0 aliphatic carbocycles. The molecule has 2 heterocycles. The lowest BCUT2D eigenvalue weighted by Crippen LogP contribution is -2.39. The molecular weight excluding hydrogens is 346 g/mol. The maximum atomic E-state index is 13.7. The molecule has 0 radical (unpaired) electrons. The minimum absolute atomic E-state index is 0.144. The van der Waals surface area contributed by atoms with Crippen LogP contribution in [0.4, 0.5) is 13.6 Å². The van der Waals surface area contributed by atoms with Gasteiger partial charge in [-0.25, -0.2) is 13.6 Å². The van der Waals surface area contributed by atoms with Crippen molar-refractivity contribution in [3.05, 3.63) is 56.5 Å². The Balaban J connectivity index is 1.96. The summed E-state index contributed by atoms with van der Waals surface area (Å²) in [7, 11) is 0. The smallest absolute Gasteiger partial charge is 0.407 e. The highest BCUT2D eigenvalue weighted by Crippen LogP contribution is 2.40. The van der Waals surface area contributed by atoms with Crippen LogP contribution < -0.4 is 5.56 Å². The number of rotatable bonds is 2. The van der Waals surface area contributed by atoms with Crippen molar-refractivity contribution in [3.63, 3.8) is 0 Å². The largest absolute Gasteiger partial charge is 0.465 e. The Morgan fingerprint density at radius 3 is 2.54 bits per heavy atom. The van der Waals surface area contributed by atoms with E-state index >= 15 is 0 Å². The second-order valence-corrected chi connectivity index (χ2v) is 6.00. The quantitative estimate of drug-likeness (QED) is 0.804. The highest BCUT2D eigenvalue weighted by molar-refractivity contribution is 6.30. The van der Waals surface area contributed by atoms with Gasteiger partial charge in [0, 0.05) is 18.5 Å². The second-order valence-electron chi connectivity index (χ2n) is 5.63. The predicted octanol–water partition coefficient (Wildman–Crippen LogP) is 3.50. The molecule has 6 nitrogen and oxygen atoms in total. The average molecular weight is 359 g/mol. The van der Waals surface area contributed by atoms with Gasteiger partial charge in [0.05, 0.1) is 6.04 Å². The summed E-state index contributed by atoms with van der Waals surface area (Å²) in [6.07, 6.45) is -0.528. The van der Waals surface area contributed by atoms with Crippen LogP contribution in [0.1, 0.15) is 36.1 Å². The number of aromatic amines is 1. The van der Waals surface area contributed by atoms with Crippen LogP contribution in [0.15, 0.2) is 27.5 Å². The summed E-state index contributed by atoms with van der Waals surface area (Å²) in [5.74, 6) is -1.75. The van der Waals surface area contributed by atoms with Crippen LogP contribution in [-0.2, 0) is 0 Å². The van der Waals surface area contributed by atoms with Gasteiger partial charge in [-0.3, -0.25) is 4.79 Å². The molecule has 2 aromatic rings. The second kappa shape index (κ2) is 6.27. The van der Waals surface area contributed by atoms with Crippen molar-refractivity contribution in [2.75, 3.05) is 6.54 Å². The molecule has 0 unspecified atom stereocenters. The summed E-state index contributed by atoms with van der Waals surface area (Å²) in [6, 6.07) is 2.58. The molecule has 3 rings (SSSR count). The highest BCUT2D eigenvalue weighted by atomic mass is 35.5. The number of carbonyl (C=O) groups is 1. The number of nitrogens with one attached hydrogen (secondary N) is 1. The molecule has 0 bridgehead atoms. The first-order chi connectivity index (χ1) is 11.4. The van der Waals surface area contributed by atoms with Crippen LogP contribution in [0.2, 0.25) is 5.02 Å². The number of benzene rings is 1. The summed E-state index contributed by atoms with van der Waals surface area (Å²) in [4.78, 5) is 23.8. The Hall–Kier alpha value is -2.35. The lowest BCUT2D eigenvalue weighted by molar-refractivity contribution is 0.0965. The standard InChI is InChI=1S/C15H13ClF2N2O4/c16-14-9(17)3-8(4-10(14)18)11-5-7(1-2-20(11)15(22)23)12-6-13(21)19-24-12/h3-4,6-7,11H,1-2,5H2,(H,19,21)(H,22,23)/t7-,11-/m1/s1. The van der Waals surface area contributed by atoms with E-state index in [2.05, 4.69) is 5.16 Å². The number of amides is 1. The molecule has 0 saturated carbocycles. The van der Waals surface area contributed by atoms with Gasteiger partial charge in [0.25, 0.3) is 5.56 Å². The van der Waals surface area contributed by atoms with Crippen LogP contribution >= 0.6 is 11.6 Å². The van der Waals surface area contributed by atoms with Crippen LogP contribution in [0.3, 0.4) is 0 Å². The van der Waals surface area contributed by atoms with Crippen LogP contribution in [0.25, 0.3) is 0 Å². The van der Waals surface area contributed by atoms with Crippen LogP contribution in [0.5, 0.6) is 0 Å². The van der Waals surface area contributed by atoms with Crippen LogP contribution in [-0.4, -0.2) is 27.8 Å². The molecule has 1 saturated heterocycles. The number of carboxylic acid groups (broad SMARTS) is 1. The molecule has 1 amide bonds. The molecule has 1 fully saturated rings. The van der Waals surface area contributed by atoms with E-state index in [1.54, 1.807) is 0 Å². The molecule has 1 aliphatic heterocycles. The maximum absolute atomic E-state index is 13.7. The summed E-state index contributed by atoms with van der Waals surface area (Å²) in [6.45, 7) is 0.144. The molecule has 128 valence electrons. The molecular formula is C15H13ClF2N2O4. The fourth-order valence-electron chi connectivity index (χ4n) is 3.03. The van der Waals surface area contributed by atoms with Gasteiger partial charge < -0.3 is 14.5 Å². The molecule has 1 aromatic carbocycles. The normalized spacial score (nSPS) is 21.0. The van der Waals surface area contributed by atoms with Crippen molar-refractivity contribution in [3.8, 4) is 0 Å². The van der Waals surface area contributed by atoms with E-state index in [0.717, 1.165) is 17.0 Å². The van der Waals surface area contributed by atoms with E-state index in [-0.39, 0.29) is 24.4 Å². The van der Waals surface area contributed by atoms with E-state index in [4.69, 9.17) is 16.1 Å². The van der Waals surface area contributed by atoms with Gasteiger partial charge in [0.15, 0.2) is 0 Å². The van der Waals surface area contributed by atoms with Gasteiger partial charge in [0.2, 0.25) is 0 Å². The number of piperidine rings is 1. The number of aromatic nitrogens is 1. The topological polar surface area (TPSA) is 86.5 Å². The van der Waals surface area contributed by atoms with Gasteiger partial charge in [-0.1, -0.05) is 11.6 Å². The van der Waals surface area contributed by atoms with Crippen molar-refractivity contribution in [2.45, 2.75) is 24.8 Å². The first kappa shape index (κ1) is 16.5. The maximum Gasteiger partial charge on any atom is 0.407 e. The molecule has 0 spiro atoms. The number of hydrogen-bond acceptors (Lipinski definition) is 3. The van der Waals surface area contributed by atoms with Gasteiger partial charge in [-0.2, -0.15) is 5.16 Å². The lowest BCUT2D eigenvalue weighted by Gasteiger charge is -2.37. The summed E-state index contributed by atoms with van der Waals surface area (Å²) in [5.41, 5.74) is -0.231. The van der Waals surface area contributed by atoms with Crippen molar-refractivity contribution >= 4 is 17.7 Å². The Labute approximate surface area is 139 Å². The molecule has 9 heteroatoms. The third-order valence-corrected chi connectivity index (χ3v) is 4.55. The predicted molar refractivity (Wildman–Crippen MR) is 80.1 cm³/mol. The first-order valence-electron chi connectivity index (χ1n) is 7.19. The monoisotopic (exact) mass is 358 g/mol. The molecule has 24 heavy (non-hydrogen) atoms. The zero-order chi connectivity index (χ0) is 17.4. The SMILES string of the molecule is O=C(O)N1CC[C@@H](c2cc(=O)[nH]o2)C[C@@H]1c1cc(F)c(Cl)c(F)c1. The lowest BCUT2D eigenvalue weighted by atomic mass is 9.86. The molecule has 2 N–H and O–H groups in total. The summed E-state index contributed by atoms with van der Waals surface area (Å²) in [5, 5.41) is 10.9. The van der Waals surface area contributed by atoms with Gasteiger partial charge in [-0.15, -0.1) is 0 Å². The number of likely N-dealkylation sites (tertiary alicyclic amines) is 1. The summed E-state index contributed by atoms with van der Waals surface area (Å²) < 4.78 is 32.6. The van der Waals surface area contributed by atoms with Crippen molar-refractivity contribution in [1.82, 2.24) is 10.1 Å². The Morgan fingerprint density at radius 2 is 2.00 bits per heavy atom. The summed E-state index contributed by atoms with van der Waals surface area (Å²) >= 11 is 5.48. The fraction of sp³-hybridized carbons (Fsp3) is 0.333. The van der Waals surface area contributed by atoms with E-state index in [1.807, 2.05) is 0 Å². The van der Waals surface area contributed by atoms with Crippen molar-refractivity contribution in [2.24, 2.45) is 0 Å². The number of hydrogen-bond donors (Lipinski definition) is 2. The van der Waals surface area contributed by atoms with Crippen LogP contribution in [0, 0.1) is 11.6 Å². The molecule has 2 atom stereocenters. The van der Waals surface area contributed by atoms with Gasteiger partial charge in [0.1, 0.15) is 22.4 Å². The minimum Gasteiger partial charge on any atom is -0.465 e. The molecule has 1 aromatic heterocycles. The third kappa shape index (κ3) is 3.01. The molecule has 1 aliphatic rings. The van der Waals surface area contributed by atoms with Gasteiger partial charge >= 0.3 is 6.09 Å². The van der Waals surface area contributed by atoms with Crippen molar-refractivity contribution in [1.29, 1.82) is 0 Å². The number of nitrogens with zero attached hydrogens (tertiary/aromatic N) is 1. The zero-order valence-electron chi connectivity index (χ0n) is 12.3. The van der Waals surface area contributed by atoms with E-state index in [0.29, 0.717) is 12.2 Å². The number of H-pyrrole nitrogens is 1. The Bertz CT molecular complexity index is 812. The highest BCUT2D eigenvalue weighted by Gasteiger charge is 2.35. The third-order valence-electron chi connectivity index (χ3n) is 4.18. The average Bonchev–Trinajstić information content (AvgIpc) is 2.98. The van der Waals surface area contributed by atoms with E-state index in [9.17, 15) is 23.5 Å². The Kier molecular flexibility index (Phi) is 4.31. The van der Waals surface area contributed by atoms with Crippen molar-refractivity contribution < 1.29 is 23.2 Å². The fourth-order valence-corrected chi connectivity index (χ4v) is 3.14. The van der Waals surface area contributed by atoms with E-state index < -0.39 is 34.4 Å². The zero-order valence-corrected chi connectivity index (χ0v) is 13.0. The van der Waals surface area contributed by atoms with E-state index in [1.165, 1.54) is 6.07 Å². The first-order valence-corrected chi connectivity index (χ1v) is 7.57. The Morgan fingerprint density at radius 1 is 1.33 bits per heavy atom. The minimum atomic E-state index is -1.19. The van der Waals surface area contributed by atoms with Gasteiger partial charge in [-0.05, 0) is 30.5 Å².